The lowest BCUT2D eigenvalue weighted by Gasteiger charge is -2.14. The predicted molar refractivity (Wildman–Crippen MR) is 76.1 cm³/mol. The number of nitrogens with one attached hydrogen (secondary N) is 1. The van der Waals surface area contributed by atoms with Crippen LogP contribution < -0.4 is 10.1 Å². The van der Waals surface area contributed by atoms with E-state index in [4.69, 9.17) is 4.74 Å². The first-order valence-electron chi connectivity index (χ1n) is 6.59. The third kappa shape index (κ3) is 3.35. The van der Waals surface area contributed by atoms with E-state index >= 15 is 0 Å². The van der Waals surface area contributed by atoms with Gasteiger partial charge in [0.2, 0.25) is 0 Å². The molecule has 1 aromatic carbocycles. The van der Waals surface area contributed by atoms with E-state index in [-0.39, 0.29) is 0 Å². The molecular weight excluding hydrogens is 238 g/mol. The predicted octanol–water partition coefficient (Wildman–Crippen LogP) is 2.67. The van der Waals surface area contributed by atoms with Crippen LogP contribution in [0.1, 0.15) is 30.6 Å². The van der Waals surface area contributed by atoms with Crippen LogP contribution in [0, 0.1) is 0 Å². The van der Waals surface area contributed by atoms with Crippen molar-refractivity contribution >= 4 is 0 Å². The third-order valence-corrected chi connectivity index (χ3v) is 3.34. The van der Waals surface area contributed by atoms with Crippen molar-refractivity contribution in [3.05, 3.63) is 48.0 Å². The maximum Gasteiger partial charge on any atom is 0.130 e. The van der Waals surface area contributed by atoms with Gasteiger partial charge in [-0.25, -0.2) is 4.98 Å². The highest BCUT2D eigenvalue weighted by Gasteiger charge is 2.06. The minimum absolute atomic E-state index is 0.408. The Morgan fingerprint density at radius 1 is 1.32 bits per heavy atom. The topological polar surface area (TPSA) is 39.1 Å². The number of nitrogens with zero attached hydrogens (tertiary/aromatic N) is 2. The summed E-state index contributed by atoms with van der Waals surface area (Å²) in [6.45, 7) is 2.72. The molecule has 1 aromatic heterocycles. The number of hydrogen-bond donors (Lipinski definition) is 1. The van der Waals surface area contributed by atoms with Crippen LogP contribution >= 0.6 is 0 Å². The first-order chi connectivity index (χ1) is 9.24. The fraction of sp³-hybridized carbons (Fsp3) is 0.400. The Hall–Kier alpha value is -1.81. The van der Waals surface area contributed by atoms with Crippen LogP contribution in [0.4, 0.5) is 0 Å². The summed E-state index contributed by atoms with van der Waals surface area (Å²) in [5.41, 5.74) is 2.35. The zero-order valence-corrected chi connectivity index (χ0v) is 11.8. The van der Waals surface area contributed by atoms with Gasteiger partial charge in [0.25, 0.3) is 0 Å². The Kier molecular flexibility index (Phi) is 4.58. The molecule has 0 amide bonds. The molecule has 0 radical (unpaired) electrons. The molecule has 4 heteroatoms. The summed E-state index contributed by atoms with van der Waals surface area (Å²) < 4.78 is 7.71. The fourth-order valence-corrected chi connectivity index (χ4v) is 2.08. The molecule has 2 rings (SSSR count). The normalized spacial score (nSPS) is 12.4. The molecule has 1 N–H and O–H groups in total. The minimum Gasteiger partial charge on any atom is -0.487 e. The van der Waals surface area contributed by atoms with Gasteiger partial charge in [0, 0.05) is 13.1 Å². The average Bonchev–Trinajstić information content (AvgIpc) is 2.85. The largest absolute Gasteiger partial charge is 0.487 e. The molecule has 0 aliphatic heterocycles. The molecule has 1 heterocycles. The summed E-state index contributed by atoms with van der Waals surface area (Å²) >= 11 is 0. The Balaban J connectivity index is 1.97. The molecule has 0 saturated heterocycles. The molecule has 0 aliphatic carbocycles. The van der Waals surface area contributed by atoms with Gasteiger partial charge in [-0.15, -0.1) is 0 Å². The van der Waals surface area contributed by atoms with Gasteiger partial charge in [0.1, 0.15) is 12.4 Å². The molecular formula is C15H21N3O. The Morgan fingerprint density at radius 2 is 2.05 bits per heavy atom. The van der Waals surface area contributed by atoms with E-state index in [2.05, 4.69) is 29.4 Å². The molecule has 2 aromatic rings. The van der Waals surface area contributed by atoms with Gasteiger partial charge in [0.15, 0.2) is 0 Å². The van der Waals surface area contributed by atoms with Crippen LogP contribution in [0.25, 0.3) is 0 Å². The maximum atomic E-state index is 5.75. The zero-order valence-electron chi connectivity index (χ0n) is 11.8. The van der Waals surface area contributed by atoms with Crippen molar-refractivity contribution in [1.82, 2.24) is 14.9 Å². The molecule has 0 saturated carbocycles. The smallest absolute Gasteiger partial charge is 0.130 e. The number of aryl methyl sites for hydroxylation is 1. The van der Waals surface area contributed by atoms with Gasteiger partial charge in [-0.2, -0.15) is 0 Å². The van der Waals surface area contributed by atoms with Gasteiger partial charge >= 0.3 is 0 Å². The van der Waals surface area contributed by atoms with Crippen LogP contribution in [-0.2, 0) is 13.7 Å². The molecule has 4 nitrogen and oxygen atoms in total. The lowest BCUT2D eigenvalue weighted by atomic mass is 10.1. The van der Waals surface area contributed by atoms with E-state index in [0.29, 0.717) is 12.6 Å². The van der Waals surface area contributed by atoms with Crippen molar-refractivity contribution in [2.75, 3.05) is 7.05 Å². The van der Waals surface area contributed by atoms with Crippen molar-refractivity contribution in [2.45, 2.75) is 26.0 Å². The number of hydrogen-bond acceptors (Lipinski definition) is 3. The lowest BCUT2D eigenvalue weighted by Crippen LogP contribution is -2.14. The van der Waals surface area contributed by atoms with E-state index in [0.717, 1.165) is 17.9 Å². The molecule has 0 fully saturated rings. The number of benzene rings is 1. The molecule has 102 valence electrons. The number of rotatable bonds is 6. The van der Waals surface area contributed by atoms with Gasteiger partial charge in [0.05, 0.1) is 18.2 Å². The number of ether oxygens (including phenoxy) is 1. The first kappa shape index (κ1) is 13.6. The lowest BCUT2D eigenvalue weighted by molar-refractivity contribution is 0.297. The third-order valence-electron chi connectivity index (χ3n) is 3.34. The second-order valence-electron chi connectivity index (χ2n) is 4.60. The standard InChI is InChI=1S/C15H21N3O/c1-4-15(16-2)12-5-7-14(8-6-12)19-10-13-9-17-11-18(13)3/h5-9,11,15-16H,4,10H2,1-3H3. The van der Waals surface area contributed by atoms with E-state index in [1.165, 1.54) is 5.56 Å². The Morgan fingerprint density at radius 3 is 2.58 bits per heavy atom. The number of imidazole rings is 1. The summed E-state index contributed by atoms with van der Waals surface area (Å²) in [7, 11) is 3.95. The SMILES string of the molecule is CCC(NC)c1ccc(OCc2cncn2C)cc1. The quantitative estimate of drug-likeness (QED) is 0.867. The summed E-state index contributed by atoms with van der Waals surface area (Å²) in [5, 5.41) is 3.30. The fourth-order valence-electron chi connectivity index (χ4n) is 2.08. The van der Waals surface area contributed by atoms with Crippen molar-refractivity contribution in [1.29, 1.82) is 0 Å². The molecule has 0 aliphatic rings. The number of aromatic nitrogens is 2. The van der Waals surface area contributed by atoms with E-state index < -0.39 is 0 Å². The van der Waals surface area contributed by atoms with E-state index in [1.807, 2.05) is 37.0 Å². The highest BCUT2D eigenvalue weighted by Crippen LogP contribution is 2.20. The van der Waals surface area contributed by atoms with Gasteiger partial charge < -0.3 is 14.6 Å². The first-order valence-corrected chi connectivity index (χ1v) is 6.59. The highest BCUT2D eigenvalue weighted by atomic mass is 16.5. The average molecular weight is 259 g/mol. The van der Waals surface area contributed by atoms with Gasteiger partial charge in [-0.1, -0.05) is 19.1 Å². The van der Waals surface area contributed by atoms with Crippen molar-refractivity contribution < 1.29 is 4.74 Å². The van der Waals surface area contributed by atoms with Crippen LogP contribution in [0.2, 0.25) is 0 Å². The van der Waals surface area contributed by atoms with Crippen LogP contribution in [0.15, 0.2) is 36.8 Å². The van der Waals surface area contributed by atoms with Crippen LogP contribution in [-0.4, -0.2) is 16.6 Å². The monoisotopic (exact) mass is 259 g/mol. The molecule has 0 spiro atoms. The van der Waals surface area contributed by atoms with E-state index in [1.54, 1.807) is 6.33 Å². The Labute approximate surface area is 114 Å². The van der Waals surface area contributed by atoms with Gasteiger partial charge in [-0.3, -0.25) is 0 Å². The van der Waals surface area contributed by atoms with Crippen molar-refractivity contribution in [3.63, 3.8) is 0 Å². The zero-order chi connectivity index (χ0) is 13.7. The summed E-state index contributed by atoms with van der Waals surface area (Å²) in [6.07, 6.45) is 4.68. The Bertz CT molecular complexity index is 500. The second kappa shape index (κ2) is 6.38. The summed E-state index contributed by atoms with van der Waals surface area (Å²) in [5.74, 6) is 0.885. The van der Waals surface area contributed by atoms with Gasteiger partial charge in [-0.05, 0) is 31.2 Å². The molecule has 0 bridgehead atoms. The summed E-state index contributed by atoms with van der Waals surface area (Å²) in [4.78, 5) is 4.07. The second-order valence-corrected chi connectivity index (χ2v) is 4.60. The van der Waals surface area contributed by atoms with Crippen molar-refractivity contribution in [3.8, 4) is 5.75 Å². The van der Waals surface area contributed by atoms with Crippen molar-refractivity contribution in [2.24, 2.45) is 7.05 Å². The van der Waals surface area contributed by atoms with Crippen LogP contribution in [0.5, 0.6) is 5.75 Å². The molecule has 1 unspecified atom stereocenters. The van der Waals surface area contributed by atoms with E-state index in [9.17, 15) is 0 Å². The summed E-state index contributed by atoms with van der Waals surface area (Å²) in [6, 6.07) is 8.68. The molecule has 19 heavy (non-hydrogen) atoms. The highest BCUT2D eigenvalue weighted by molar-refractivity contribution is 5.29. The maximum absolute atomic E-state index is 5.75. The minimum atomic E-state index is 0.408. The molecule has 1 atom stereocenters. The van der Waals surface area contributed by atoms with Crippen LogP contribution in [0.3, 0.4) is 0 Å².